The van der Waals surface area contributed by atoms with E-state index in [-0.39, 0.29) is 11.6 Å². The number of benzene rings is 2. The van der Waals surface area contributed by atoms with Crippen LogP contribution in [0.25, 0.3) is 12.2 Å². The minimum atomic E-state index is -0.574. The van der Waals surface area contributed by atoms with Gasteiger partial charge in [0.2, 0.25) is 11.6 Å². The van der Waals surface area contributed by atoms with E-state index in [0.717, 1.165) is 0 Å². The zero-order chi connectivity index (χ0) is 21.0. The minimum absolute atomic E-state index is 0.135. The third-order valence-electron chi connectivity index (χ3n) is 4.01. The molecule has 0 saturated carbocycles. The highest BCUT2D eigenvalue weighted by Gasteiger charge is 2.22. The molecule has 0 radical (unpaired) electrons. The first kappa shape index (κ1) is 20.8. The fourth-order valence-corrected chi connectivity index (χ4v) is 3.02. The summed E-state index contributed by atoms with van der Waals surface area (Å²) >= 11 is 12.1. The Morgan fingerprint density at radius 1 is 1.00 bits per heavy atom. The van der Waals surface area contributed by atoms with E-state index in [2.05, 4.69) is 4.99 Å². The Hall–Kier alpha value is -2.96. The quantitative estimate of drug-likeness (QED) is 0.472. The molecule has 1 heterocycles. The number of hydrogen-bond donors (Lipinski definition) is 0. The van der Waals surface area contributed by atoms with E-state index < -0.39 is 5.97 Å². The molecule has 2 aromatic rings. The van der Waals surface area contributed by atoms with Crippen LogP contribution in [0, 0.1) is 0 Å². The fraction of sp³-hybridized carbons (Fsp3) is 0.143. The van der Waals surface area contributed by atoms with E-state index in [1.54, 1.807) is 48.6 Å². The maximum absolute atomic E-state index is 12.2. The van der Waals surface area contributed by atoms with Crippen LogP contribution in [0.2, 0.25) is 10.0 Å². The van der Waals surface area contributed by atoms with Crippen molar-refractivity contribution in [3.05, 3.63) is 63.3 Å². The molecule has 1 aliphatic heterocycles. The topological polar surface area (TPSA) is 66.4 Å². The molecule has 0 atom stereocenters. The van der Waals surface area contributed by atoms with Gasteiger partial charge in [0, 0.05) is 6.08 Å². The molecule has 0 N–H and O–H groups in total. The molecule has 29 heavy (non-hydrogen) atoms. The summed E-state index contributed by atoms with van der Waals surface area (Å²) in [6.07, 6.45) is 4.79. The van der Waals surface area contributed by atoms with Gasteiger partial charge in [0.25, 0.3) is 0 Å². The van der Waals surface area contributed by atoms with Gasteiger partial charge in [-0.3, -0.25) is 0 Å². The molecule has 2 aromatic carbocycles. The predicted molar refractivity (Wildman–Crippen MR) is 113 cm³/mol. The smallest absolute Gasteiger partial charge is 0.363 e. The molecule has 0 bridgehead atoms. The summed E-state index contributed by atoms with van der Waals surface area (Å²) in [4.78, 5) is 16.4. The van der Waals surface area contributed by atoms with Crippen LogP contribution in [0.1, 0.15) is 11.1 Å². The molecule has 3 rings (SSSR count). The monoisotopic (exact) mass is 433 g/mol. The number of carbonyl (C=O) groups excluding carboxylic acids is 1. The maximum atomic E-state index is 12.2. The molecule has 0 saturated heterocycles. The molecule has 0 aromatic heterocycles. The fourth-order valence-electron chi connectivity index (χ4n) is 2.65. The molecule has 0 unspecified atom stereocenters. The molecular formula is C21H17Cl2NO5. The van der Waals surface area contributed by atoms with Crippen molar-refractivity contribution in [3.8, 4) is 17.2 Å². The Labute approximate surface area is 178 Å². The van der Waals surface area contributed by atoms with Crippen molar-refractivity contribution in [2.45, 2.75) is 0 Å². The number of carbonyl (C=O) groups is 1. The van der Waals surface area contributed by atoms with Gasteiger partial charge in [-0.2, -0.15) is 0 Å². The third-order valence-corrected chi connectivity index (χ3v) is 4.85. The largest absolute Gasteiger partial charge is 0.493 e. The second kappa shape index (κ2) is 9.03. The van der Waals surface area contributed by atoms with E-state index in [0.29, 0.717) is 38.4 Å². The van der Waals surface area contributed by atoms with Gasteiger partial charge in [0.05, 0.1) is 31.4 Å². The average molecular weight is 434 g/mol. The molecule has 8 heteroatoms. The van der Waals surface area contributed by atoms with E-state index in [1.807, 2.05) is 0 Å². The van der Waals surface area contributed by atoms with Crippen molar-refractivity contribution in [2.75, 3.05) is 21.3 Å². The number of esters is 1. The van der Waals surface area contributed by atoms with Crippen LogP contribution < -0.4 is 14.2 Å². The van der Waals surface area contributed by atoms with Gasteiger partial charge in [0.15, 0.2) is 17.2 Å². The van der Waals surface area contributed by atoms with Gasteiger partial charge in [-0.05, 0) is 41.5 Å². The lowest BCUT2D eigenvalue weighted by molar-refractivity contribution is -0.129. The van der Waals surface area contributed by atoms with Crippen LogP contribution in [-0.2, 0) is 9.53 Å². The Bertz CT molecular complexity index is 1020. The van der Waals surface area contributed by atoms with E-state index in [4.69, 9.17) is 42.1 Å². The summed E-state index contributed by atoms with van der Waals surface area (Å²) in [5.74, 6) is 0.950. The molecule has 6 nitrogen and oxygen atoms in total. The predicted octanol–water partition coefficient (Wildman–Crippen LogP) is 5.03. The molecule has 150 valence electrons. The summed E-state index contributed by atoms with van der Waals surface area (Å²) in [6, 6.07) is 8.65. The zero-order valence-corrected chi connectivity index (χ0v) is 17.4. The number of hydrogen-bond acceptors (Lipinski definition) is 6. The van der Waals surface area contributed by atoms with Gasteiger partial charge in [-0.1, -0.05) is 35.3 Å². The Morgan fingerprint density at radius 2 is 1.69 bits per heavy atom. The normalized spacial score (nSPS) is 14.9. The number of cyclic esters (lactones) is 1. The Morgan fingerprint density at radius 3 is 2.31 bits per heavy atom. The first-order valence-corrected chi connectivity index (χ1v) is 9.17. The molecule has 0 amide bonds. The highest BCUT2D eigenvalue weighted by atomic mass is 35.5. The average Bonchev–Trinajstić information content (AvgIpc) is 3.07. The molecule has 0 spiro atoms. The number of ether oxygens (including phenoxy) is 4. The number of rotatable bonds is 6. The molecule has 0 fully saturated rings. The van der Waals surface area contributed by atoms with E-state index >= 15 is 0 Å². The van der Waals surface area contributed by atoms with Crippen LogP contribution in [-0.4, -0.2) is 33.2 Å². The second-order valence-electron chi connectivity index (χ2n) is 5.80. The lowest BCUT2D eigenvalue weighted by Crippen LogP contribution is -2.01. The van der Waals surface area contributed by atoms with E-state index in [9.17, 15) is 4.79 Å². The standard InChI is InChI=1S/C21H17Cl2NO5/c1-26-16-10-12(11-17(27-2)20(16)28-3)9-15-21(25)29-18(24-15)8-7-13-5-4-6-14(22)19(13)23/h4-11H,1-3H3. The van der Waals surface area contributed by atoms with Gasteiger partial charge in [-0.25, -0.2) is 9.79 Å². The molecule has 0 aliphatic carbocycles. The van der Waals surface area contributed by atoms with Crippen molar-refractivity contribution >= 4 is 47.2 Å². The Kier molecular flexibility index (Phi) is 6.46. The highest BCUT2D eigenvalue weighted by Crippen LogP contribution is 2.39. The summed E-state index contributed by atoms with van der Waals surface area (Å²) in [7, 11) is 4.54. The van der Waals surface area contributed by atoms with Crippen molar-refractivity contribution < 1.29 is 23.7 Å². The lowest BCUT2D eigenvalue weighted by Gasteiger charge is -2.12. The minimum Gasteiger partial charge on any atom is -0.493 e. The number of aliphatic imine (C=N–C) groups is 1. The van der Waals surface area contributed by atoms with Crippen molar-refractivity contribution in [1.82, 2.24) is 0 Å². The van der Waals surface area contributed by atoms with Crippen molar-refractivity contribution in [3.63, 3.8) is 0 Å². The van der Waals surface area contributed by atoms with Gasteiger partial charge >= 0.3 is 5.97 Å². The SMILES string of the molecule is COc1cc(C=C2N=C(C=Cc3cccc(Cl)c3Cl)OC2=O)cc(OC)c1OC. The number of halogens is 2. The van der Waals surface area contributed by atoms with E-state index in [1.165, 1.54) is 21.3 Å². The highest BCUT2D eigenvalue weighted by molar-refractivity contribution is 6.42. The lowest BCUT2D eigenvalue weighted by atomic mass is 10.1. The molecular weight excluding hydrogens is 417 g/mol. The van der Waals surface area contributed by atoms with Gasteiger partial charge in [-0.15, -0.1) is 0 Å². The first-order chi connectivity index (χ1) is 14.0. The van der Waals surface area contributed by atoms with Gasteiger partial charge < -0.3 is 18.9 Å². The number of nitrogens with zero attached hydrogens (tertiary/aromatic N) is 1. The Balaban J connectivity index is 1.90. The van der Waals surface area contributed by atoms with Crippen LogP contribution in [0.5, 0.6) is 17.2 Å². The van der Waals surface area contributed by atoms with Gasteiger partial charge in [0.1, 0.15) is 0 Å². The van der Waals surface area contributed by atoms with Crippen LogP contribution in [0.3, 0.4) is 0 Å². The third kappa shape index (κ3) is 4.55. The maximum Gasteiger partial charge on any atom is 0.363 e. The molecule has 1 aliphatic rings. The van der Waals surface area contributed by atoms with Crippen LogP contribution in [0.15, 0.2) is 47.1 Å². The summed E-state index contributed by atoms with van der Waals surface area (Å²) in [5.41, 5.74) is 1.45. The van der Waals surface area contributed by atoms with Crippen LogP contribution in [0.4, 0.5) is 0 Å². The van der Waals surface area contributed by atoms with Crippen LogP contribution >= 0.6 is 23.2 Å². The number of methoxy groups -OCH3 is 3. The summed E-state index contributed by atoms with van der Waals surface area (Å²) < 4.78 is 21.1. The van der Waals surface area contributed by atoms with Crippen molar-refractivity contribution in [2.24, 2.45) is 4.99 Å². The summed E-state index contributed by atoms with van der Waals surface area (Å²) in [5, 5.41) is 0.839. The zero-order valence-electron chi connectivity index (χ0n) is 15.9. The second-order valence-corrected chi connectivity index (χ2v) is 6.59. The van der Waals surface area contributed by atoms with Crippen molar-refractivity contribution in [1.29, 1.82) is 0 Å². The summed E-state index contributed by atoms with van der Waals surface area (Å²) in [6.45, 7) is 0. The first-order valence-electron chi connectivity index (χ1n) is 8.41.